The van der Waals surface area contributed by atoms with Crippen molar-refractivity contribution in [1.82, 2.24) is 10.2 Å². The van der Waals surface area contributed by atoms with Gasteiger partial charge in [0.25, 0.3) is 5.91 Å². The monoisotopic (exact) mass is 696 g/mol. The molecular weight excluding hydrogens is 648 g/mol. The maximum atomic E-state index is 16.3. The Balaban J connectivity index is 1.38. The Morgan fingerprint density at radius 1 is 1.18 bits per heavy atom. The number of hydrogen-bond acceptors (Lipinski definition) is 8. The van der Waals surface area contributed by atoms with Crippen LogP contribution in [0.25, 0.3) is 0 Å². The fourth-order valence-corrected chi connectivity index (χ4v) is 11.1. The molecule has 2 fully saturated rings. The molecule has 266 valence electrons. The molecule has 3 amide bonds. The Morgan fingerprint density at radius 2 is 1.98 bits per heavy atom. The van der Waals surface area contributed by atoms with Gasteiger partial charge in [-0.15, -0.1) is 0 Å². The van der Waals surface area contributed by atoms with E-state index in [1.807, 2.05) is 32.0 Å². The summed E-state index contributed by atoms with van der Waals surface area (Å²) in [7, 11) is -3.50. The lowest BCUT2D eigenvalue weighted by atomic mass is 9.82. The molecular formula is C36H49FN4O7Si. The Morgan fingerprint density at radius 3 is 2.69 bits per heavy atom. The van der Waals surface area contributed by atoms with Crippen molar-refractivity contribution in [1.29, 1.82) is 0 Å². The van der Waals surface area contributed by atoms with Crippen LogP contribution in [0.3, 0.4) is 0 Å². The molecule has 4 heterocycles. The number of hydrogen-bond donors (Lipinski definition) is 4. The van der Waals surface area contributed by atoms with Crippen LogP contribution in [0.2, 0.25) is 18.6 Å². The van der Waals surface area contributed by atoms with Crippen molar-refractivity contribution in [3.63, 3.8) is 0 Å². The molecule has 13 heteroatoms. The van der Waals surface area contributed by atoms with Crippen LogP contribution in [0.15, 0.2) is 36.4 Å². The van der Waals surface area contributed by atoms with E-state index in [1.165, 1.54) is 0 Å². The number of halogens is 1. The van der Waals surface area contributed by atoms with E-state index in [-0.39, 0.29) is 37.5 Å². The minimum absolute atomic E-state index is 0.0798. The smallest absolute Gasteiger partial charge is 0.261 e. The van der Waals surface area contributed by atoms with Crippen LogP contribution in [0.5, 0.6) is 5.75 Å². The highest BCUT2D eigenvalue weighted by Crippen LogP contribution is 2.59. The van der Waals surface area contributed by atoms with Crippen LogP contribution in [-0.2, 0) is 31.1 Å². The van der Waals surface area contributed by atoms with E-state index < -0.39 is 43.5 Å². The molecule has 0 bridgehead atoms. The minimum atomic E-state index is -3.50. The number of aliphatic hydroxyl groups is 2. The number of carbonyl (C=O) groups is 3. The van der Waals surface area contributed by atoms with E-state index in [0.29, 0.717) is 73.8 Å². The standard InChI is InChI=1S/C36H49FN4O7Si/c1-5-47-26-11-13-30-23(17-26)18-29(38-14-6-7-16-42)34(45)41(30)24-10-12-28-27(19-24)36(35(46)39-28)22(2)33(49(3,4)37)31(48-36)20-32(44)40-15-8-9-25(40)21-43/h10-13,17,19,22,25,29,31,33,38,42-43H,5-9,14-16,18,20-21H2,1-4H3,(H,39,46)/t22-,25+,29?,31+,33-,36+/m1/s1. The largest absolute Gasteiger partial charge is 0.494 e. The third kappa shape index (κ3) is 6.40. The summed E-state index contributed by atoms with van der Waals surface area (Å²) >= 11 is 0. The number of aliphatic hydroxyl groups excluding tert-OH is 2. The number of fused-ring (bicyclic) bond motifs is 3. The number of benzene rings is 2. The molecule has 2 aromatic rings. The molecule has 49 heavy (non-hydrogen) atoms. The van der Waals surface area contributed by atoms with E-state index in [0.717, 1.165) is 12.0 Å². The second-order valence-corrected chi connectivity index (χ2v) is 18.1. The molecule has 4 aliphatic rings. The average Bonchev–Trinajstić information content (AvgIpc) is 3.74. The van der Waals surface area contributed by atoms with Crippen molar-refractivity contribution < 1.29 is 38.2 Å². The van der Waals surface area contributed by atoms with Gasteiger partial charge in [-0.25, -0.2) is 0 Å². The Hall–Kier alpha value is -3.36. The topological polar surface area (TPSA) is 141 Å². The molecule has 1 spiro atoms. The first-order valence-corrected chi connectivity index (χ1v) is 20.6. The second kappa shape index (κ2) is 14.1. The number of nitrogens with zero attached hydrogens (tertiary/aromatic N) is 2. The SMILES string of the molecule is CCOc1ccc2c(c1)CC(NCCCCO)C(=O)N2c1ccc2c(c1)[C@]1(O[C@@H](CC(=O)N3CCC[C@H]3CO)[C@H]([Si](C)(C)F)[C@H]1C)C(=O)N2. The lowest BCUT2D eigenvalue weighted by Gasteiger charge is -2.36. The quantitative estimate of drug-likeness (QED) is 0.148. The summed E-state index contributed by atoms with van der Waals surface area (Å²) in [6.45, 7) is 8.48. The molecule has 6 atom stereocenters. The third-order valence-electron chi connectivity index (χ3n) is 10.8. The Kier molecular flexibility index (Phi) is 10.2. The van der Waals surface area contributed by atoms with E-state index in [1.54, 1.807) is 41.1 Å². The molecule has 4 N–H and O–H groups in total. The van der Waals surface area contributed by atoms with Crippen molar-refractivity contribution in [2.45, 2.75) is 94.8 Å². The number of anilines is 3. The van der Waals surface area contributed by atoms with Crippen LogP contribution in [0.4, 0.5) is 21.2 Å². The lowest BCUT2D eigenvalue weighted by molar-refractivity contribution is -0.148. The predicted molar refractivity (Wildman–Crippen MR) is 186 cm³/mol. The lowest BCUT2D eigenvalue weighted by Crippen LogP contribution is -2.49. The Bertz CT molecular complexity index is 1590. The highest BCUT2D eigenvalue weighted by Gasteiger charge is 2.65. The van der Waals surface area contributed by atoms with Gasteiger partial charge < -0.3 is 39.3 Å². The number of carbonyl (C=O) groups excluding carboxylic acids is 3. The predicted octanol–water partition coefficient (Wildman–Crippen LogP) is 4.14. The van der Waals surface area contributed by atoms with Gasteiger partial charge >= 0.3 is 0 Å². The molecule has 0 saturated carbocycles. The van der Waals surface area contributed by atoms with Gasteiger partial charge in [0.15, 0.2) is 5.60 Å². The summed E-state index contributed by atoms with van der Waals surface area (Å²) in [6, 6.07) is 10.2. The molecule has 11 nitrogen and oxygen atoms in total. The van der Waals surface area contributed by atoms with Gasteiger partial charge in [-0.1, -0.05) is 6.92 Å². The second-order valence-electron chi connectivity index (χ2n) is 14.3. The van der Waals surface area contributed by atoms with Crippen LogP contribution < -0.4 is 20.3 Å². The summed E-state index contributed by atoms with van der Waals surface area (Å²) in [5.41, 5.74) is 1.00. The number of ether oxygens (including phenoxy) is 2. The number of amides is 3. The van der Waals surface area contributed by atoms with Gasteiger partial charge in [0.05, 0.1) is 43.5 Å². The van der Waals surface area contributed by atoms with Crippen molar-refractivity contribution in [2.24, 2.45) is 5.92 Å². The van der Waals surface area contributed by atoms with Crippen molar-refractivity contribution in [2.75, 3.05) is 43.1 Å². The number of nitrogens with one attached hydrogen (secondary N) is 2. The maximum Gasteiger partial charge on any atom is 0.261 e. The highest BCUT2D eigenvalue weighted by atomic mass is 28.4. The first-order valence-electron chi connectivity index (χ1n) is 17.6. The fraction of sp³-hybridized carbons (Fsp3) is 0.583. The maximum absolute atomic E-state index is 16.3. The van der Waals surface area contributed by atoms with E-state index >= 15 is 4.11 Å². The summed E-state index contributed by atoms with van der Waals surface area (Å²) in [5, 5.41) is 25.4. The summed E-state index contributed by atoms with van der Waals surface area (Å²) in [6.07, 6.45) is 2.38. The van der Waals surface area contributed by atoms with Crippen LogP contribution >= 0.6 is 0 Å². The van der Waals surface area contributed by atoms with Crippen molar-refractivity contribution in [3.05, 3.63) is 47.5 Å². The minimum Gasteiger partial charge on any atom is -0.494 e. The first kappa shape index (κ1) is 35.5. The highest BCUT2D eigenvalue weighted by molar-refractivity contribution is 6.72. The van der Waals surface area contributed by atoms with E-state index in [9.17, 15) is 24.6 Å². The number of unbranched alkanes of at least 4 members (excludes halogenated alkanes) is 1. The number of rotatable bonds is 12. The summed E-state index contributed by atoms with van der Waals surface area (Å²) < 4.78 is 28.7. The molecule has 0 aliphatic carbocycles. The van der Waals surface area contributed by atoms with Gasteiger partial charge in [0.2, 0.25) is 20.2 Å². The normalized spacial score (nSPS) is 27.9. The summed E-state index contributed by atoms with van der Waals surface area (Å²) in [4.78, 5) is 45.1. The average molecular weight is 697 g/mol. The van der Waals surface area contributed by atoms with Gasteiger partial charge in [-0.05, 0) is 101 Å². The molecule has 4 aliphatic heterocycles. The van der Waals surface area contributed by atoms with Crippen LogP contribution in [0, 0.1) is 5.92 Å². The molecule has 2 saturated heterocycles. The molecule has 1 unspecified atom stereocenters. The first-order chi connectivity index (χ1) is 23.4. The van der Waals surface area contributed by atoms with Gasteiger partial charge in [-0.2, -0.15) is 0 Å². The third-order valence-corrected chi connectivity index (χ3v) is 13.2. The van der Waals surface area contributed by atoms with Gasteiger partial charge in [0, 0.05) is 41.5 Å². The zero-order chi connectivity index (χ0) is 35.1. The van der Waals surface area contributed by atoms with Gasteiger partial charge in [0.1, 0.15) is 5.75 Å². The van der Waals surface area contributed by atoms with Crippen LogP contribution in [0.1, 0.15) is 57.1 Å². The molecule has 0 aromatic heterocycles. The molecule has 6 rings (SSSR count). The molecule has 2 aromatic carbocycles. The zero-order valence-corrected chi connectivity index (χ0v) is 29.8. The van der Waals surface area contributed by atoms with Gasteiger partial charge in [-0.3, -0.25) is 19.3 Å². The summed E-state index contributed by atoms with van der Waals surface area (Å²) in [5.74, 6) is -0.667. The van der Waals surface area contributed by atoms with Crippen molar-refractivity contribution in [3.8, 4) is 5.75 Å². The van der Waals surface area contributed by atoms with E-state index in [4.69, 9.17) is 9.47 Å². The zero-order valence-electron chi connectivity index (χ0n) is 28.8. The van der Waals surface area contributed by atoms with Crippen molar-refractivity contribution >= 4 is 43.2 Å². The number of likely N-dealkylation sites (tertiary alicyclic amines) is 1. The molecule has 0 radical (unpaired) electrons. The fourth-order valence-electron chi connectivity index (χ4n) is 8.56. The Labute approximate surface area is 288 Å². The van der Waals surface area contributed by atoms with E-state index in [2.05, 4.69) is 10.6 Å². The van der Waals surface area contributed by atoms with Crippen LogP contribution in [-0.4, -0.2) is 92.3 Å².